The first-order valence-electron chi connectivity index (χ1n) is 2.40. The van der Waals surface area contributed by atoms with E-state index in [0.29, 0.717) is 0 Å². The molecule has 3 nitrogen and oxygen atoms in total. The molecule has 0 heterocycles. The molecule has 52 valence electrons. The average Bonchev–Trinajstić information content (AvgIpc) is 1.72. The molecule has 0 aliphatic heterocycles. The maximum absolute atomic E-state index is 4.89. The van der Waals surface area contributed by atoms with Gasteiger partial charge in [-0.3, -0.25) is 0 Å². The van der Waals surface area contributed by atoms with Crippen LogP contribution < -0.4 is 6.15 Å². The molecule has 0 saturated heterocycles. The summed E-state index contributed by atoms with van der Waals surface area (Å²) in [5, 5.41) is 0. The molecule has 0 bridgehead atoms. The Morgan fingerprint density at radius 1 is 1.25 bits per heavy atom. The Morgan fingerprint density at radius 2 is 1.62 bits per heavy atom. The van der Waals surface area contributed by atoms with Gasteiger partial charge in [-0.05, 0) is 0 Å². The normalized spacial score (nSPS) is 10.5. The zero-order chi connectivity index (χ0) is 5.70. The first-order chi connectivity index (χ1) is 3.35. The van der Waals surface area contributed by atoms with Crippen molar-refractivity contribution in [1.82, 2.24) is 6.15 Å². The second-order valence-corrected chi connectivity index (χ2v) is 2.79. The molecular formula is C4H15NO2Si. The van der Waals surface area contributed by atoms with Crippen molar-refractivity contribution in [3.63, 3.8) is 0 Å². The lowest BCUT2D eigenvalue weighted by molar-refractivity contribution is -0.0435. The van der Waals surface area contributed by atoms with Crippen LogP contribution in [0.15, 0.2) is 0 Å². The molecular weight excluding hydrogens is 122 g/mol. The van der Waals surface area contributed by atoms with E-state index in [9.17, 15) is 0 Å². The average molecular weight is 137 g/mol. The molecule has 3 N–H and O–H groups in total. The van der Waals surface area contributed by atoms with E-state index >= 15 is 0 Å². The SMILES string of the molecule is COC(OC)[SiH2]C.N. The van der Waals surface area contributed by atoms with Gasteiger partial charge < -0.3 is 15.6 Å². The second-order valence-electron chi connectivity index (χ2n) is 1.31. The Hall–Kier alpha value is 0.0969. The first kappa shape index (κ1) is 11.0. The maximum Gasteiger partial charge on any atom is 0.133 e. The standard InChI is InChI=1S/C4H12O2Si.H3N/c1-5-4(6-2)7-3;/h4H,7H2,1-3H3;1H3. The number of hydrogen-bond donors (Lipinski definition) is 1. The van der Waals surface area contributed by atoms with Crippen molar-refractivity contribution in [2.75, 3.05) is 14.2 Å². The third kappa shape index (κ3) is 4.26. The lowest BCUT2D eigenvalue weighted by atomic mass is 11.3. The molecule has 0 rings (SSSR count). The van der Waals surface area contributed by atoms with Gasteiger partial charge in [0.15, 0.2) is 0 Å². The molecule has 0 spiro atoms. The third-order valence-electron chi connectivity index (χ3n) is 0.859. The lowest BCUT2D eigenvalue weighted by Gasteiger charge is -2.08. The number of hydrogen-bond acceptors (Lipinski definition) is 3. The highest BCUT2D eigenvalue weighted by Crippen LogP contribution is 1.84. The fraction of sp³-hybridized carbons (Fsp3) is 1.00. The molecule has 0 aromatic carbocycles. The van der Waals surface area contributed by atoms with Gasteiger partial charge in [0.2, 0.25) is 0 Å². The second kappa shape index (κ2) is 7.10. The molecule has 0 radical (unpaired) electrons. The summed E-state index contributed by atoms with van der Waals surface area (Å²) in [6.07, 6.45) is 0. The van der Waals surface area contributed by atoms with Gasteiger partial charge >= 0.3 is 0 Å². The van der Waals surface area contributed by atoms with Gasteiger partial charge in [-0.1, -0.05) is 6.55 Å². The van der Waals surface area contributed by atoms with E-state index in [1.807, 2.05) is 0 Å². The highest BCUT2D eigenvalue weighted by atomic mass is 28.2. The minimum absolute atomic E-state index is 0. The maximum atomic E-state index is 4.89. The van der Waals surface area contributed by atoms with Crippen LogP contribution in [-0.4, -0.2) is 29.7 Å². The van der Waals surface area contributed by atoms with Crippen LogP contribution in [-0.2, 0) is 9.47 Å². The van der Waals surface area contributed by atoms with Crippen LogP contribution in [0.4, 0.5) is 0 Å². The van der Waals surface area contributed by atoms with Crippen LogP contribution in [0.5, 0.6) is 0 Å². The van der Waals surface area contributed by atoms with Crippen LogP contribution in [0.1, 0.15) is 0 Å². The lowest BCUT2D eigenvalue weighted by Crippen LogP contribution is -2.18. The molecule has 8 heavy (non-hydrogen) atoms. The zero-order valence-corrected chi connectivity index (χ0v) is 7.22. The molecule has 4 heteroatoms. The Labute approximate surface area is 52.8 Å². The zero-order valence-electron chi connectivity index (χ0n) is 5.81. The van der Waals surface area contributed by atoms with Crippen LogP contribution in [0, 0.1) is 0 Å². The fourth-order valence-corrected chi connectivity index (χ4v) is 1.10. The molecule has 0 atom stereocenters. The van der Waals surface area contributed by atoms with Gasteiger partial charge in [-0.2, -0.15) is 0 Å². The van der Waals surface area contributed by atoms with E-state index in [4.69, 9.17) is 9.47 Å². The minimum atomic E-state index is -0.117. The summed E-state index contributed by atoms with van der Waals surface area (Å²) < 4.78 is 9.78. The van der Waals surface area contributed by atoms with Gasteiger partial charge in [0.25, 0.3) is 0 Å². The van der Waals surface area contributed by atoms with Crippen molar-refractivity contribution in [2.45, 2.75) is 12.5 Å². The van der Waals surface area contributed by atoms with Crippen molar-refractivity contribution in [3.05, 3.63) is 0 Å². The summed E-state index contributed by atoms with van der Waals surface area (Å²) in [5.74, 6) is 0.125. The Kier molecular flexibility index (Phi) is 9.73. The number of methoxy groups -OCH3 is 2. The summed E-state index contributed by atoms with van der Waals surface area (Å²) in [5.41, 5.74) is 0. The topological polar surface area (TPSA) is 53.5 Å². The summed E-state index contributed by atoms with van der Waals surface area (Å²) in [6.45, 7) is 2.15. The smallest absolute Gasteiger partial charge is 0.133 e. The summed E-state index contributed by atoms with van der Waals surface area (Å²) in [7, 11) is 3.23. The molecule has 0 aromatic heterocycles. The Morgan fingerprint density at radius 3 is 1.62 bits per heavy atom. The van der Waals surface area contributed by atoms with Crippen LogP contribution >= 0.6 is 0 Å². The monoisotopic (exact) mass is 137 g/mol. The van der Waals surface area contributed by atoms with E-state index in [1.165, 1.54) is 0 Å². The van der Waals surface area contributed by atoms with E-state index in [2.05, 4.69) is 6.55 Å². The van der Waals surface area contributed by atoms with E-state index in [-0.39, 0.29) is 21.6 Å². The molecule has 0 aliphatic carbocycles. The highest BCUT2D eigenvalue weighted by Gasteiger charge is 1.97. The van der Waals surface area contributed by atoms with Crippen LogP contribution in [0.25, 0.3) is 0 Å². The minimum Gasteiger partial charge on any atom is -0.360 e. The van der Waals surface area contributed by atoms with Gasteiger partial charge in [0.1, 0.15) is 5.91 Å². The quantitative estimate of drug-likeness (QED) is 0.438. The predicted octanol–water partition coefficient (Wildman–Crippen LogP) is -0.0583. The van der Waals surface area contributed by atoms with Crippen molar-refractivity contribution < 1.29 is 9.47 Å². The molecule has 0 amide bonds. The van der Waals surface area contributed by atoms with E-state index < -0.39 is 0 Å². The first-order valence-corrected chi connectivity index (χ1v) is 4.63. The third-order valence-corrected chi connectivity index (χ3v) is 2.19. The molecule has 0 fully saturated rings. The summed E-state index contributed by atoms with van der Waals surface area (Å²) in [4.78, 5) is 0. The Bertz CT molecular complexity index is 35.5. The van der Waals surface area contributed by atoms with Gasteiger partial charge in [0, 0.05) is 14.2 Å². The number of rotatable bonds is 3. The van der Waals surface area contributed by atoms with E-state index in [0.717, 1.165) is 0 Å². The number of ether oxygens (including phenoxy) is 2. The summed E-state index contributed by atoms with van der Waals surface area (Å²) >= 11 is 0. The predicted molar refractivity (Wildman–Crippen MR) is 37.2 cm³/mol. The van der Waals surface area contributed by atoms with Gasteiger partial charge in [-0.15, -0.1) is 0 Å². The van der Waals surface area contributed by atoms with Crippen molar-refractivity contribution in [1.29, 1.82) is 0 Å². The largest absolute Gasteiger partial charge is 0.360 e. The van der Waals surface area contributed by atoms with Crippen molar-refractivity contribution in [3.8, 4) is 0 Å². The Balaban J connectivity index is 0. The highest BCUT2D eigenvalue weighted by molar-refractivity contribution is 6.34. The van der Waals surface area contributed by atoms with Crippen molar-refractivity contribution in [2.24, 2.45) is 0 Å². The van der Waals surface area contributed by atoms with Gasteiger partial charge in [0.05, 0.1) is 9.52 Å². The van der Waals surface area contributed by atoms with Crippen LogP contribution in [0.3, 0.4) is 0 Å². The fourth-order valence-electron chi connectivity index (χ4n) is 0.430. The van der Waals surface area contributed by atoms with Crippen LogP contribution in [0.2, 0.25) is 6.55 Å². The molecule has 0 aromatic rings. The van der Waals surface area contributed by atoms with E-state index in [1.54, 1.807) is 14.2 Å². The van der Waals surface area contributed by atoms with Crippen molar-refractivity contribution >= 4 is 9.52 Å². The molecule has 0 unspecified atom stereocenters. The molecule has 0 aliphatic rings. The molecule has 0 saturated carbocycles. The van der Waals surface area contributed by atoms with Gasteiger partial charge in [-0.25, -0.2) is 0 Å². The summed E-state index contributed by atoms with van der Waals surface area (Å²) in [6, 6.07) is 0.